The number of fused-ring (bicyclic) bond motifs is 2. The number of hydrogen-bond donors (Lipinski definition) is 2. The van der Waals surface area contributed by atoms with E-state index in [4.69, 9.17) is 16.3 Å². The van der Waals surface area contributed by atoms with Gasteiger partial charge in [0.15, 0.2) is 0 Å². The molecule has 0 radical (unpaired) electrons. The third kappa shape index (κ3) is 4.62. The minimum Gasteiger partial charge on any atom is -0.494 e. The van der Waals surface area contributed by atoms with Crippen LogP contribution < -0.4 is 15.4 Å². The smallest absolute Gasteiger partial charge is 0.248 e. The average molecular weight is 468 g/mol. The molecule has 0 spiro atoms. The number of likely N-dealkylation sites (tertiary alicyclic amines) is 1. The molecule has 2 unspecified atom stereocenters. The SMILES string of the molecule is COc1cc2ncnc(Nc3ccc(F)c(Cl)c3)c2cc1NC(=O)C=CCN1CCC2CC21. The second kappa shape index (κ2) is 8.96. The summed E-state index contributed by atoms with van der Waals surface area (Å²) in [7, 11) is 1.53. The van der Waals surface area contributed by atoms with Crippen LogP contribution in [0.25, 0.3) is 10.9 Å². The third-order valence-electron chi connectivity index (χ3n) is 6.15. The molecule has 2 N–H and O–H groups in total. The Balaban J connectivity index is 1.36. The van der Waals surface area contributed by atoms with Gasteiger partial charge in [-0.15, -0.1) is 0 Å². The van der Waals surface area contributed by atoms with E-state index < -0.39 is 5.82 Å². The highest BCUT2D eigenvalue weighted by Gasteiger charge is 2.45. The van der Waals surface area contributed by atoms with Crippen molar-refractivity contribution >= 4 is 45.6 Å². The number of methoxy groups -OCH3 is 1. The van der Waals surface area contributed by atoms with Gasteiger partial charge >= 0.3 is 0 Å². The van der Waals surface area contributed by atoms with Crippen molar-refractivity contribution in [2.75, 3.05) is 30.8 Å². The van der Waals surface area contributed by atoms with E-state index in [1.165, 1.54) is 38.4 Å². The van der Waals surface area contributed by atoms with Crippen LogP contribution >= 0.6 is 11.6 Å². The van der Waals surface area contributed by atoms with Crippen molar-refractivity contribution in [1.82, 2.24) is 14.9 Å². The lowest BCUT2D eigenvalue weighted by molar-refractivity contribution is -0.111. The van der Waals surface area contributed by atoms with Gasteiger partial charge in [0.1, 0.15) is 23.7 Å². The fourth-order valence-electron chi connectivity index (χ4n) is 4.34. The maximum atomic E-state index is 13.5. The molecule has 1 amide bonds. The van der Waals surface area contributed by atoms with Crippen LogP contribution in [-0.2, 0) is 4.79 Å². The number of piperidine rings is 1. The second-order valence-corrected chi connectivity index (χ2v) is 8.69. The zero-order chi connectivity index (χ0) is 22.9. The normalized spacial score (nSPS) is 19.6. The molecule has 2 aliphatic rings. The number of hydrogen-bond acceptors (Lipinski definition) is 6. The van der Waals surface area contributed by atoms with Crippen molar-refractivity contribution < 1.29 is 13.9 Å². The molecule has 1 aliphatic heterocycles. The lowest BCUT2D eigenvalue weighted by Gasteiger charge is -2.14. The van der Waals surface area contributed by atoms with E-state index in [9.17, 15) is 9.18 Å². The van der Waals surface area contributed by atoms with E-state index in [1.807, 2.05) is 6.08 Å². The molecule has 2 heterocycles. The van der Waals surface area contributed by atoms with Gasteiger partial charge in [-0.2, -0.15) is 0 Å². The topological polar surface area (TPSA) is 79.4 Å². The predicted molar refractivity (Wildman–Crippen MR) is 127 cm³/mol. The Bertz CT molecular complexity index is 1250. The van der Waals surface area contributed by atoms with Gasteiger partial charge in [0, 0.05) is 35.8 Å². The summed E-state index contributed by atoms with van der Waals surface area (Å²) in [4.78, 5) is 23.6. The summed E-state index contributed by atoms with van der Waals surface area (Å²) in [6.45, 7) is 1.89. The maximum absolute atomic E-state index is 13.5. The Hall–Kier alpha value is -3.23. The lowest BCUT2D eigenvalue weighted by Crippen LogP contribution is -2.23. The number of rotatable bonds is 7. The predicted octanol–water partition coefficient (Wildman–Crippen LogP) is 4.76. The molecule has 7 nitrogen and oxygen atoms in total. The van der Waals surface area contributed by atoms with Crippen molar-refractivity contribution in [3.63, 3.8) is 0 Å². The quantitative estimate of drug-likeness (QED) is 0.487. The van der Waals surface area contributed by atoms with Gasteiger partial charge in [-0.3, -0.25) is 9.69 Å². The molecule has 2 atom stereocenters. The molecule has 1 aromatic heterocycles. The van der Waals surface area contributed by atoms with Gasteiger partial charge in [0.05, 0.1) is 23.3 Å². The van der Waals surface area contributed by atoms with Crippen molar-refractivity contribution in [1.29, 1.82) is 0 Å². The summed E-state index contributed by atoms with van der Waals surface area (Å²) >= 11 is 5.89. The fraction of sp³-hybridized carbons (Fsp3) is 0.292. The Morgan fingerprint density at radius 1 is 1.33 bits per heavy atom. The van der Waals surface area contributed by atoms with Crippen molar-refractivity contribution in [3.8, 4) is 5.75 Å². The molecule has 2 aromatic carbocycles. The zero-order valence-electron chi connectivity index (χ0n) is 18.0. The Morgan fingerprint density at radius 3 is 2.94 bits per heavy atom. The second-order valence-electron chi connectivity index (χ2n) is 8.28. The molecular weight excluding hydrogens is 445 g/mol. The number of carbonyl (C=O) groups excluding carboxylic acids is 1. The fourth-order valence-corrected chi connectivity index (χ4v) is 4.52. The van der Waals surface area contributed by atoms with E-state index in [0.29, 0.717) is 39.9 Å². The van der Waals surface area contributed by atoms with Crippen LogP contribution in [0.4, 0.5) is 21.6 Å². The zero-order valence-corrected chi connectivity index (χ0v) is 18.8. The molecule has 0 bridgehead atoms. The van der Waals surface area contributed by atoms with E-state index >= 15 is 0 Å². The minimum absolute atomic E-state index is 0.00547. The summed E-state index contributed by atoms with van der Waals surface area (Å²) in [6.07, 6.45) is 7.43. The first-order valence-corrected chi connectivity index (χ1v) is 11.2. The summed E-state index contributed by atoms with van der Waals surface area (Å²) in [5, 5.41) is 6.68. The third-order valence-corrected chi connectivity index (χ3v) is 6.44. The Labute approximate surface area is 195 Å². The molecule has 3 aromatic rings. The van der Waals surface area contributed by atoms with E-state index in [2.05, 4.69) is 25.5 Å². The summed E-state index contributed by atoms with van der Waals surface area (Å²) in [6, 6.07) is 8.52. The molecule has 170 valence electrons. The largest absolute Gasteiger partial charge is 0.494 e. The van der Waals surface area contributed by atoms with Gasteiger partial charge in [-0.25, -0.2) is 14.4 Å². The first-order valence-electron chi connectivity index (χ1n) is 10.8. The summed E-state index contributed by atoms with van der Waals surface area (Å²) < 4.78 is 19.0. The summed E-state index contributed by atoms with van der Waals surface area (Å²) in [5.74, 6) is 1.10. The molecule has 1 saturated carbocycles. The number of anilines is 3. The lowest BCUT2D eigenvalue weighted by atomic mass is 10.1. The van der Waals surface area contributed by atoms with E-state index in [-0.39, 0.29) is 10.9 Å². The Morgan fingerprint density at radius 2 is 2.21 bits per heavy atom. The number of benzene rings is 2. The molecular formula is C24H23ClFN5O2. The highest BCUT2D eigenvalue weighted by Crippen LogP contribution is 2.44. The highest BCUT2D eigenvalue weighted by molar-refractivity contribution is 6.31. The van der Waals surface area contributed by atoms with Crippen LogP contribution in [-0.4, -0.2) is 47.0 Å². The molecule has 1 aliphatic carbocycles. The van der Waals surface area contributed by atoms with Crippen molar-refractivity contribution in [2.45, 2.75) is 18.9 Å². The van der Waals surface area contributed by atoms with Gasteiger partial charge in [0.2, 0.25) is 5.91 Å². The average Bonchev–Trinajstić information content (AvgIpc) is 3.48. The Kier molecular flexibility index (Phi) is 5.86. The van der Waals surface area contributed by atoms with Crippen LogP contribution in [0, 0.1) is 11.7 Å². The van der Waals surface area contributed by atoms with Crippen LogP contribution in [0.15, 0.2) is 48.8 Å². The van der Waals surface area contributed by atoms with Gasteiger partial charge in [-0.1, -0.05) is 17.7 Å². The number of aromatic nitrogens is 2. The number of amides is 1. The van der Waals surface area contributed by atoms with E-state index in [0.717, 1.165) is 19.0 Å². The first kappa shape index (κ1) is 21.6. The van der Waals surface area contributed by atoms with Crippen LogP contribution in [0.1, 0.15) is 12.8 Å². The molecule has 5 rings (SSSR count). The highest BCUT2D eigenvalue weighted by atomic mass is 35.5. The summed E-state index contributed by atoms with van der Waals surface area (Å²) in [5.41, 5.74) is 1.70. The van der Waals surface area contributed by atoms with Crippen LogP contribution in [0.5, 0.6) is 5.75 Å². The number of halogens is 2. The number of nitrogens with one attached hydrogen (secondary N) is 2. The number of nitrogens with zero attached hydrogens (tertiary/aromatic N) is 3. The molecule has 1 saturated heterocycles. The maximum Gasteiger partial charge on any atom is 0.248 e. The number of carbonyl (C=O) groups is 1. The van der Waals surface area contributed by atoms with Crippen molar-refractivity contribution in [2.24, 2.45) is 5.92 Å². The molecule has 2 fully saturated rings. The monoisotopic (exact) mass is 467 g/mol. The van der Waals surface area contributed by atoms with Gasteiger partial charge < -0.3 is 15.4 Å². The van der Waals surface area contributed by atoms with Crippen LogP contribution in [0.3, 0.4) is 0 Å². The molecule has 9 heteroatoms. The number of ether oxygens (including phenoxy) is 1. The minimum atomic E-state index is -0.501. The first-order chi connectivity index (χ1) is 16.0. The van der Waals surface area contributed by atoms with Gasteiger partial charge in [-0.05, 0) is 49.6 Å². The van der Waals surface area contributed by atoms with Crippen molar-refractivity contribution in [3.05, 3.63) is 59.7 Å². The van der Waals surface area contributed by atoms with E-state index in [1.54, 1.807) is 24.3 Å². The standard InChI is InChI=1S/C24H23ClFN5O2/c1-33-22-12-19-16(24(28-13-27-19)29-15-4-5-18(26)17(25)10-15)11-20(22)30-23(32)3-2-7-31-8-6-14-9-21(14)31/h2-5,10-14,21H,6-9H2,1H3,(H,30,32)(H,27,28,29). The molecule has 33 heavy (non-hydrogen) atoms. The van der Waals surface area contributed by atoms with Gasteiger partial charge in [0.25, 0.3) is 0 Å². The van der Waals surface area contributed by atoms with Crippen LogP contribution in [0.2, 0.25) is 5.02 Å².